The van der Waals surface area contributed by atoms with Crippen molar-refractivity contribution < 1.29 is 8.42 Å². The largest absolute Gasteiger partial charge is 0.304 e. The molecule has 0 N–H and O–H groups in total. The van der Waals surface area contributed by atoms with Crippen LogP contribution in [0.4, 0.5) is 5.69 Å². The third-order valence-electron chi connectivity index (χ3n) is 3.76. The maximum absolute atomic E-state index is 13.3. The molecule has 0 saturated heterocycles. The average molecular weight is 346 g/mol. The first-order valence-electron chi connectivity index (χ1n) is 8.46. The number of rotatable bonds is 9. The van der Waals surface area contributed by atoms with Crippen molar-refractivity contribution in [2.24, 2.45) is 0 Å². The van der Waals surface area contributed by atoms with Gasteiger partial charge in [0.05, 0.1) is 12.2 Å². The van der Waals surface area contributed by atoms with Gasteiger partial charge in [-0.05, 0) is 30.5 Å². The molecule has 0 bridgehead atoms. The van der Waals surface area contributed by atoms with E-state index in [0.29, 0.717) is 25.3 Å². The summed E-state index contributed by atoms with van der Waals surface area (Å²) >= 11 is 0. The van der Waals surface area contributed by atoms with E-state index in [4.69, 9.17) is 0 Å². The van der Waals surface area contributed by atoms with Crippen molar-refractivity contribution in [2.75, 3.05) is 17.4 Å². The van der Waals surface area contributed by atoms with E-state index in [9.17, 15) is 8.42 Å². The number of para-hydroxylation sites is 1. The van der Waals surface area contributed by atoms with E-state index in [2.05, 4.69) is 0 Å². The highest BCUT2D eigenvalue weighted by molar-refractivity contribution is 7.90. The van der Waals surface area contributed by atoms with E-state index in [1.165, 1.54) is 4.31 Å². The first-order chi connectivity index (χ1) is 11.6. The van der Waals surface area contributed by atoms with Gasteiger partial charge in [0.1, 0.15) is 0 Å². The minimum absolute atomic E-state index is 0.330. The van der Waals surface area contributed by atoms with E-state index in [1.54, 1.807) is 4.31 Å². The summed E-state index contributed by atoms with van der Waals surface area (Å²) in [5.41, 5.74) is 1.66. The molecule has 0 aliphatic rings. The molecule has 0 radical (unpaired) electrons. The molecule has 2 rings (SSSR count). The normalized spacial score (nSPS) is 11.6. The van der Waals surface area contributed by atoms with Gasteiger partial charge in [0.15, 0.2) is 0 Å². The van der Waals surface area contributed by atoms with Gasteiger partial charge in [0.2, 0.25) is 0 Å². The summed E-state index contributed by atoms with van der Waals surface area (Å²) in [6.07, 6.45) is 1.60. The molecule has 0 heterocycles. The maximum atomic E-state index is 13.3. The van der Waals surface area contributed by atoms with Crippen LogP contribution in [-0.2, 0) is 16.8 Å². The predicted octanol–water partition coefficient (Wildman–Crippen LogP) is 4.06. The Morgan fingerprint density at radius 3 is 1.79 bits per heavy atom. The van der Waals surface area contributed by atoms with Crippen molar-refractivity contribution in [3.63, 3.8) is 0 Å². The van der Waals surface area contributed by atoms with Crippen molar-refractivity contribution in [3.05, 3.63) is 66.2 Å². The molecule has 0 unspecified atom stereocenters. The topological polar surface area (TPSA) is 40.6 Å². The highest BCUT2D eigenvalue weighted by Crippen LogP contribution is 2.23. The lowest BCUT2D eigenvalue weighted by Gasteiger charge is -2.31. The molecule has 130 valence electrons. The molecular formula is C19H26N2O2S. The summed E-state index contributed by atoms with van der Waals surface area (Å²) < 4.78 is 29.6. The number of anilines is 1. The Bertz CT molecular complexity index is 697. The molecule has 0 fully saturated rings. The van der Waals surface area contributed by atoms with Crippen LogP contribution in [0, 0.1) is 0 Å². The Morgan fingerprint density at radius 2 is 1.29 bits per heavy atom. The second-order valence-electron chi connectivity index (χ2n) is 5.73. The van der Waals surface area contributed by atoms with Crippen LogP contribution >= 0.6 is 0 Å². The smallest absolute Gasteiger partial charge is 0.253 e. The van der Waals surface area contributed by atoms with Crippen LogP contribution in [0.2, 0.25) is 0 Å². The van der Waals surface area contributed by atoms with Crippen LogP contribution in [0.15, 0.2) is 60.7 Å². The molecule has 0 aromatic heterocycles. The molecule has 2 aromatic rings. The lowest BCUT2D eigenvalue weighted by atomic mass is 10.2. The summed E-state index contributed by atoms with van der Waals surface area (Å²) in [6, 6.07) is 19.0. The van der Waals surface area contributed by atoms with Gasteiger partial charge in [-0.3, -0.25) is 4.31 Å². The van der Waals surface area contributed by atoms with Gasteiger partial charge in [0, 0.05) is 13.1 Å². The lowest BCUT2D eigenvalue weighted by Crippen LogP contribution is -2.44. The molecule has 5 heteroatoms. The first kappa shape index (κ1) is 18.5. The van der Waals surface area contributed by atoms with Gasteiger partial charge in [-0.25, -0.2) is 0 Å². The number of nitrogens with zero attached hydrogens (tertiary/aromatic N) is 2. The lowest BCUT2D eigenvalue weighted by molar-refractivity contribution is 0.407. The molecule has 2 aromatic carbocycles. The van der Waals surface area contributed by atoms with E-state index in [-0.39, 0.29) is 0 Å². The van der Waals surface area contributed by atoms with Crippen molar-refractivity contribution in [1.82, 2.24) is 4.31 Å². The summed E-state index contributed by atoms with van der Waals surface area (Å²) in [4.78, 5) is 0. The van der Waals surface area contributed by atoms with Crippen LogP contribution in [-0.4, -0.2) is 25.8 Å². The fourth-order valence-corrected chi connectivity index (χ4v) is 4.44. The van der Waals surface area contributed by atoms with E-state index >= 15 is 0 Å². The van der Waals surface area contributed by atoms with Gasteiger partial charge < -0.3 is 0 Å². The average Bonchev–Trinajstić information content (AvgIpc) is 2.61. The molecule has 0 spiro atoms. The highest BCUT2D eigenvalue weighted by Gasteiger charge is 2.29. The van der Waals surface area contributed by atoms with Gasteiger partial charge >= 0.3 is 10.2 Å². The number of hydrogen-bond acceptors (Lipinski definition) is 2. The molecule has 24 heavy (non-hydrogen) atoms. The summed E-state index contributed by atoms with van der Waals surface area (Å²) in [6.45, 7) is 5.41. The SMILES string of the molecule is CCCN(CCC)S(=O)(=O)N(Cc1ccccc1)c1ccccc1. The molecule has 0 atom stereocenters. The Hall–Kier alpha value is -1.85. The Kier molecular flexibility index (Phi) is 6.82. The van der Waals surface area contributed by atoms with Crippen LogP contribution in [0.1, 0.15) is 32.3 Å². The minimum atomic E-state index is -3.57. The van der Waals surface area contributed by atoms with E-state index in [0.717, 1.165) is 18.4 Å². The van der Waals surface area contributed by atoms with Crippen LogP contribution in [0.5, 0.6) is 0 Å². The fourth-order valence-electron chi connectivity index (χ4n) is 2.63. The summed E-state index contributed by atoms with van der Waals surface area (Å²) in [5.74, 6) is 0. The second kappa shape index (κ2) is 8.85. The Labute approximate surface area is 145 Å². The molecule has 0 amide bonds. The molecule has 0 aliphatic carbocycles. The van der Waals surface area contributed by atoms with E-state index < -0.39 is 10.2 Å². The minimum Gasteiger partial charge on any atom is -0.253 e. The fraction of sp³-hybridized carbons (Fsp3) is 0.368. The van der Waals surface area contributed by atoms with Crippen molar-refractivity contribution in [3.8, 4) is 0 Å². The van der Waals surface area contributed by atoms with Crippen LogP contribution in [0.3, 0.4) is 0 Å². The van der Waals surface area contributed by atoms with Crippen molar-refractivity contribution in [2.45, 2.75) is 33.2 Å². The van der Waals surface area contributed by atoms with Crippen molar-refractivity contribution in [1.29, 1.82) is 0 Å². The van der Waals surface area contributed by atoms with Crippen LogP contribution in [0.25, 0.3) is 0 Å². The van der Waals surface area contributed by atoms with Gasteiger partial charge in [-0.2, -0.15) is 12.7 Å². The Morgan fingerprint density at radius 1 is 0.792 bits per heavy atom. The highest BCUT2D eigenvalue weighted by atomic mass is 32.2. The first-order valence-corrected chi connectivity index (χ1v) is 9.86. The predicted molar refractivity (Wildman–Crippen MR) is 100 cm³/mol. The quantitative estimate of drug-likeness (QED) is 0.687. The van der Waals surface area contributed by atoms with Crippen molar-refractivity contribution >= 4 is 15.9 Å². The van der Waals surface area contributed by atoms with E-state index in [1.807, 2.05) is 74.5 Å². The molecule has 0 saturated carbocycles. The zero-order valence-electron chi connectivity index (χ0n) is 14.4. The van der Waals surface area contributed by atoms with Gasteiger partial charge in [-0.15, -0.1) is 0 Å². The Balaban J connectivity index is 2.40. The third-order valence-corrected chi connectivity index (χ3v) is 5.68. The number of benzene rings is 2. The van der Waals surface area contributed by atoms with Crippen LogP contribution < -0.4 is 4.31 Å². The third kappa shape index (κ3) is 4.58. The molecular weight excluding hydrogens is 320 g/mol. The standard InChI is InChI=1S/C19H26N2O2S/c1-3-15-20(16-4-2)24(22,23)21(19-13-9-6-10-14-19)17-18-11-7-5-8-12-18/h5-14H,3-4,15-17H2,1-2H3. The summed E-state index contributed by atoms with van der Waals surface area (Å²) in [7, 11) is -3.57. The molecule has 4 nitrogen and oxygen atoms in total. The zero-order chi connectivity index (χ0) is 17.4. The van der Waals surface area contributed by atoms with Gasteiger partial charge in [-0.1, -0.05) is 62.4 Å². The number of hydrogen-bond donors (Lipinski definition) is 0. The molecule has 0 aliphatic heterocycles. The summed E-state index contributed by atoms with van der Waals surface area (Å²) in [5, 5.41) is 0. The second-order valence-corrected chi connectivity index (χ2v) is 7.59. The monoisotopic (exact) mass is 346 g/mol. The zero-order valence-corrected chi connectivity index (χ0v) is 15.2. The maximum Gasteiger partial charge on any atom is 0.304 e. The van der Waals surface area contributed by atoms with Gasteiger partial charge in [0.25, 0.3) is 0 Å².